The highest BCUT2D eigenvalue weighted by Crippen LogP contribution is 2.35. The van der Waals surface area contributed by atoms with E-state index >= 15 is 0 Å². The molecule has 3 aromatic carbocycles. The minimum atomic E-state index is -0.669. The van der Waals surface area contributed by atoms with Crippen LogP contribution in [-0.2, 0) is 14.3 Å². The fourth-order valence-corrected chi connectivity index (χ4v) is 6.15. The molecule has 2 aliphatic heterocycles. The Morgan fingerprint density at radius 3 is 2.35 bits per heavy atom. The van der Waals surface area contributed by atoms with Gasteiger partial charge >= 0.3 is 5.97 Å². The van der Waals surface area contributed by atoms with Crippen LogP contribution in [0, 0.1) is 0 Å². The van der Waals surface area contributed by atoms with Gasteiger partial charge in [-0.05, 0) is 36.3 Å². The summed E-state index contributed by atoms with van der Waals surface area (Å²) in [7, 11) is 0. The molecular formula is C32H29N3O4S. The third-order valence-corrected chi connectivity index (χ3v) is 8.04. The summed E-state index contributed by atoms with van der Waals surface area (Å²) in [5, 5.41) is 0. The van der Waals surface area contributed by atoms with Crippen LogP contribution in [0.5, 0.6) is 0 Å². The van der Waals surface area contributed by atoms with Crippen molar-refractivity contribution in [2.45, 2.75) is 13.0 Å². The standard InChI is InChI=1S/C32H29N3O4S/c1-2-39-31(37)27-28(23-9-5-3-6-10-23)33-32-35(29(27)24-11-7-4-8-12-24)30(36)26(40-32)21-22-13-15-25(16-14-22)34-17-19-38-20-18-34/h3-16,21,29H,2,17-20H2,1H3/b26-21+/t29-/m0/s1. The van der Waals surface area contributed by atoms with E-state index in [9.17, 15) is 9.59 Å². The van der Waals surface area contributed by atoms with Gasteiger partial charge in [0.15, 0.2) is 4.80 Å². The SMILES string of the molecule is CCOC(=O)C1=C(c2ccccc2)N=c2s/c(=C/c3ccc(N4CCOCC4)cc3)c(=O)n2[C@H]1c1ccccc1. The first-order valence-electron chi connectivity index (χ1n) is 13.4. The number of carbonyl (C=O) groups excluding carboxylic acids is 1. The van der Waals surface area contributed by atoms with Gasteiger partial charge in [0.25, 0.3) is 5.56 Å². The fourth-order valence-electron chi connectivity index (χ4n) is 5.15. The van der Waals surface area contributed by atoms with E-state index in [1.54, 1.807) is 11.5 Å². The summed E-state index contributed by atoms with van der Waals surface area (Å²) >= 11 is 1.33. The number of nitrogens with zero attached hydrogens (tertiary/aromatic N) is 3. The topological polar surface area (TPSA) is 73.1 Å². The Balaban J connectivity index is 1.51. The van der Waals surface area contributed by atoms with Crippen molar-refractivity contribution >= 4 is 34.8 Å². The van der Waals surface area contributed by atoms with Crippen LogP contribution in [0.2, 0.25) is 0 Å². The molecule has 202 valence electrons. The Morgan fingerprint density at radius 2 is 1.68 bits per heavy atom. The summed E-state index contributed by atoms with van der Waals surface area (Å²) in [6.07, 6.45) is 1.89. The highest BCUT2D eigenvalue weighted by Gasteiger charge is 2.35. The average molecular weight is 552 g/mol. The molecule has 1 saturated heterocycles. The normalized spacial score (nSPS) is 17.4. The predicted octanol–water partition coefficient (Wildman–Crippen LogP) is 3.77. The number of ether oxygens (including phenoxy) is 2. The molecular weight excluding hydrogens is 522 g/mol. The van der Waals surface area contributed by atoms with E-state index in [4.69, 9.17) is 14.5 Å². The number of thiazole rings is 1. The fraction of sp³-hybridized carbons (Fsp3) is 0.219. The van der Waals surface area contributed by atoms with Crippen molar-refractivity contribution in [2.24, 2.45) is 4.99 Å². The molecule has 0 saturated carbocycles. The van der Waals surface area contributed by atoms with E-state index < -0.39 is 12.0 Å². The van der Waals surface area contributed by atoms with E-state index in [0.29, 0.717) is 20.6 Å². The molecule has 0 aliphatic carbocycles. The summed E-state index contributed by atoms with van der Waals surface area (Å²) < 4.78 is 13.2. The monoisotopic (exact) mass is 551 g/mol. The second kappa shape index (κ2) is 11.5. The average Bonchev–Trinajstić information content (AvgIpc) is 3.32. The maximum atomic E-state index is 14.0. The first-order valence-corrected chi connectivity index (χ1v) is 14.2. The second-order valence-electron chi connectivity index (χ2n) is 9.53. The molecule has 0 unspecified atom stereocenters. The van der Waals surface area contributed by atoms with Gasteiger partial charge < -0.3 is 14.4 Å². The Bertz CT molecular complexity index is 1720. The van der Waals surface area contributed by atoms with Gasteiger partial charge in [-0.25, -0.2) is 9.79 Å². The van der Waals surface area contributed by atoms with Gasteiger partial charge in [-0.2, -0.15) is 0 Å². The summed E-state index contributed by atoms with van der Waals surface area (Å²) in [6.45, 7) is 5.18. The largest absolute Gasteiger partial charge is 0.463 e. The Labute approximate surface area is 236 Å². The van der Waals surface area contributed by atoms with E-state index in [-0.39, 0.29) is 12.2 Å². The lowest BCUT2D eigenvalue weighted by molar-refractivity contribution is -0.138. The van der Waals surface area contributed by atoms with Crippen LogP contribution in [-0.4, -0.2) is 43.4 Å². The minimum absolute atomic E-state index is 0.191. The zero-order chi connectivity index (χ0) is 27.5. The first kappa shape index (κ1) is 26.0. The van der Waals surface area contributed by atoms with Gasteiger partial charge in [0.1, 0.15) is 0 Å². The van der Waals surface area contributed by atoms with Crippen LogP contribution in [0.4, 0.5) is 5.69 Å². The molecule has 8 heteroatoms. The van der Waals surface area contributed by atoms with Crippen molar-refractivity contribution in [2.75, 3.05) is 37.8 Å². The van der Waals surface area contributed by atoms with Crippen molar-refractivity contribution in [3.63, 3.8) is 0 Å². The Hall–Kier alpha value is -4.27. The molecule has 4 aromatic rings. The number of rotatable bonds is 6. The molecule has 1 aromatic heterocycles. The Kier molecular flexibility index (Phi) is 7.44. The number of hydrogen-bond acceptors (Lipinski definition) is 7. The first-order chi connectivity index (χ1) is 19.6. The van der Waals surface area contributed by atoms with Crippen LogP contribution < -0.4 is 19.8 Å². The molecule has 1 fully saturated rings. The summed E-state index contributed by atoms with van der Waals surface area (Å²) in [5.74, 6) is -0.480. The van der Waals surface area contributed by atoms with Crippen molar-refractivity contribution in [3.8, 4) is 0 Å². The third kappa shape index (κ3) is 5.03. The number of aromatic nitrogens is 1. The molecule has 0 bridgehead atoms. The number of esters is 1. The summed E-state index contributed by atoms with van der Waals surface area (Å²) in [6, 6.07) is 26.7. The van der Waals surface area contributed by atoms with Crippen molar-refractivity contribution < 1.29 is 14.3 Å². The molecule has 0 amide bonds. The van der Waals surface area contributed by atoms with Crippen LogP contribution >= 0.6 is 11.3 Å². The second-order valence-corrected chi connectivity index (χ2v) is 10.5. The third-order valence-electron chi connectivity index (χ3n) is 7.06. The van der Waals surface area contributed by atoms with Crippen molar-refractivity contribution in [1.29, 1.82) is 0 Å². The van der Waals surface area contributed by atoms with Crippen LogP contribution in [0.1, 0.15) is 29.7 Å². The van der Waals surface area contributed by atoms with Gasteiger partial charge in [0.05, 0.1) is 41.7 Å². The van der Waals surface area contributed by atoms with E-state index in [1.807, 2.05) is 78.9 Å². The van der Waals surface area contributed by atoms with Gasteiger partial charge in [-0.3, -0.25) is 9.36 Å². The molecule has 7 nitrogen and oxygen atoms in total. The predicted molar refractivity (Wildman–Crippen MR) is 157 cm³/mol. The summed E-state index contributed by atoms with van der Waals surface area (Å²) in [5.41, 5.74) is 4.36. The number of anilines is 1. The highest BCUT2D eigenvalue weighted by atomic mass is 32.1. The molecule has 1 atom stereocenters. The van der Waals surface area contributed by atoms with Crippen molar-refractivity contribution in [3.05, 3.63) is 127 Å². The Morgan fingerprint density at radius 1 is 1.00 bits per heavy atom. The summed E-state index contributed by atoms with van der Waals surface area (Å²) in [4.78, 5) is 35.2. The zero-order valence-electron chi connectivity index (χ0n) is 22.2. The zero-order valence-corrected chi connectivity index (χ0v) is 23.0. The molecule has 40 heavy (non-hydrogen) atoms. The maximum Gasteiger partial charge on any atom is 0.338 e. The maximum absolute atomic E-state index is 14.0. The number of benzene rings is 3. The molecule has 0 radical (unpaired) electrons. The number of fused-ring (bicyclic) bond motifs is 1. The molecule has 3 heterocycles. The highest BCUT2D eigenvalue weighted by molar-refractivity contribution is 7.07. The molecule has 6 rings (SSSR count). The van der Waals surface area contributed by atoms with Gasteiger partial charge in [-0.1, -0.05) is 84.1 Å². The number of morpholine rings is 1. The molecule has 2 aliphatic rings. The van der Waals surface area contributed by atoms with Crippen LogP contribution in [0.3, 0.4) is 0 Å². The van der Waals surface area contributed by atoms with Crippen molar-refractivity contribution in [1.82, 2.24) is 4.57 Å². The van der Waals surface area contributed by atoms with E-state index in [1.165, 1.54) is 11.3 Å². The van der Waals surface area contributed by atoms with Crippen LogP contribution in [0.15, 0.2) is 100 Å². The minimum Gasteiger partial charge on any atom is -0.463 e. The van der Waals surface area contributed by atoms with Gasteiger partial charge in [0, 0.05) is 24.3 Å². The van der Waals surface area contributed by atoms with E-state index in [0.717, 1.165) is 48.7 Å². The van der Waals surface area contributed by atoms with Crippen LogP contribution in [0.25, 0.3) is 11.8 Å². The molecule has 0 N–H and O–H groups in total. The number of carbonyl (C=O) groups is 1. The number of hydrogen-bond donors (Lipinski definition) is 0. The van der Waals surface area contributed by atoms with E-state index in [2.05, 4.69) is 17.0 Å². The lowest BCUT2D eigenvalue weighted by atomic mass is 9.93. The lowest BCUT2D eigenvalue weighted by Crippen LogP contribution is -2.40. The van der Waals surface area contributed by atoms with Gasteiger partial charge in [-0.15, -0.1) is 0 Å². The quantitative estimate of drug-likeness (QED) is 0.341. The molecule has 0 spiro atoms. The lowest BCUT2D eigenvalue weighted by Gasteiger charge is -2.28. The smallest absolute Gasteiger partial charge is 0.338 e. The van der Waals surface area contributed by atoms with Gasteiger partial charge in [0.2, 0.25) is 0 Å².